The van der Waals surface area contributed by atoms with Crippen LogP contribution in [0.15, 0.2) is 42.5 Å². The largest absolute Gasteiger partial charge is 0.573 e. The van der Waals surface area contributed by atoms with Crippen LogP contribution in [0, 0.1) is 0 Å². The Morgan fingerprint density at radius 2 is 1.75 bits per heavy atom. The zero-order valence-corrected chi connectivity index (χ0v) is 11.0. The monoisotopic (exact) mass is 301 g/mol. The van der Waals surface area contributed by atoms with Crippen LogP contribution in [0.4, 0.5) is 13.2 Å². The molecule has 0 unspecified atom stereocenters. The fraction of sp³-hybridized carbons (Fsp3) is 0.143. The van der Waals surface area contributed by atoms with Crippen molar-refractivity contribution < 1.29 is 17.9 Å². The van der Waals surface area contributed by atoms with Crippen molar-refractivity contribution in [2.75, 3.05) is 0 Å². The van der Waals surface area contributed by atoms with E-state index < -0.39 is 6.36 Å². The van der Waals surface area contributed by atoms with Crippen LogP contribution in [0.2, 0.25) is 5.02 Å². The molecule has 0 heterocycles. The first-order valence-electron chi connectivity index (χ1n) is 5.75. The molecule has 20 heavy (non-hydrogen) atoms. The van der Waals surface area contributed by atoms with Gasteiger partial charge in [-0.2, -0.15) is 0 Å². The Bertz CT molecular complexity index is 614. The molecule has 6 heteroatoms. The smallest absolute Gasteiger partial charge is 0.405 e. The van der Waals surface area contributed by atoms with Crippen molar-refractivity contribution in [3.05, 3.63) is 53.1 Å². The highest BCUT2D eigenvalue weighted by molar-refractivity contribution is 6.33. The quantitative estimate of drug-likeness (QED) is 0.914. The lowest BCUT2D eigenvalue weighted by atomic mass is 9.99. The summed E-state index contributed by atoms with van der Waals surface area (Å²) in [5.41, 5.74) is 6.98. The van der Waals surface area contributed by atoms with Gasteiger partial charge < -0.3 is 10.5 Å². The second kappa shape index (κ2) is 5.73. The standard InChI is InChI=1S/C14H11ClF3NO/c15-11-6-3-4-9(8-19)13(11)10-5-1-2-7-12(10)20-14(16,17)18/h1-7H,8,19H2. The first kappa shape index (κ1) is 14.7. The number of halogens is 4. The second-order valence-electron chi connectivity index (χ2n) is 4.02. The van der Waals surface area contributed by atoms with Gasteiger partial charge in [-0.05, 0) is 17.7 Å². The maximum atomic E-state index is 12.4. The summed E-state index contributed by atoms with van der Waals surface area (Å²) in [5, 5.41) is 0.325. The van der Waals surface area contributed by atoms with Gasteiger partial charge in [0, 0.05) is 22.7 Å². The summed E-state index contributed by atoms with van der Waals surface area (Å²) in [6, 6.07) is 10.8. The van der Waals surface area contributed by atoms with E-state index in [9.17, 15) is 13.2 Å². The molecule has 2 aromatic rings. The Morgan fingerprint density at radius 3 is 2.40 bits per heavy atom. The van der Waals surface area contributed by atoms with Gasteiger partial charge in [0.15, 0.2) is 0 Å². The molecule has 0 saturated heterocycles. The van der Waals surface area contributed by atoms with E-state index in [1.165, 1.54) is 18.2 Å². The number of alkyl halides is 3. The van der Waals surface area contributed by atoms with E-state index in [0.717, 1.165) is 0 Å². The molecule has 2 aromatic carbocycles. The zero-order chi connectivity index (χ0) is 14.8. The van der Waals surface area contributed by atoms with Gasteiger partial charge in [-0.25, -0.2) is 0 Å². The normalized spacial score (nSPS) is 11.4. The molecule has 0 aromatic heterocycles. The van der Waals surface area contributed by atoms with Crippen molar-refractivity contribution in [3.8, 4) is 16.9 Å². The van der Waals surface area contributed by atoms with E-state index in [4.69, 9.17) is 17.3 Å². The molecule has 0 atom stereocenters. The minimum Gasteiger partial charge on any atom is -0.405 e. The minimum absolute atomic E-state index is 0.163. The topological polar surface area (TPSA) is 35.2 Å². The average molecular weight is 302 g/mol. The van der Waals surface area contributed by atoms with Crippen molar-refractivity contribution in [1.29, 1.82) is 0 Å². The number of rotatable bonds is 3. The maximum absolute atomic E-state index is 12.4. The highest BCUT2D eigenvalue weighted by Gasteiger charge is 2.32. The highest BCUT2D eigenvalue weighted by atomic mass is 35.5. The Hall–Kier alpha value is -1.72. The van der Waals surface area contributed by atoms with Crippen LogP contribution < -0.4 is 10.5 Å². The van der Waals surface area contributed by atoms with Crippen LogP contribution >= 0.6 is 11.6 Å². The molecular weight excluding hydrogens is 291 g/mol. The number of ether oxygens (including phenoxy) is 1. The molecule has 2 rings (SSSR count). The first-order valence-corrected chi connectivity index (χ1v) is 6.13. The van der Waals surface area contributed by atoms with Gasteiger partial charge in [0.1, 0.15) is 5.75 Å². The van der Waals surface area contributed by atoms with E-state index in [0.29, 0.717) is 16.1 Å². The number of hydrogen-bond donors (Lipinski definition) is 1. The summed E-state index contributed by atoms with van der Waals surface area (Å²) in [7, 11) is 0. The van der Waals surface area contributed by atoms with Gasteiger partial charge in [0.05, 0.1) is 0 Å². The van der Waals surface area contributed by atoms with Crippen molar-refractivity contribution in [2.45, 2.75) is 12.9 Å². The summed E-state index contributed by atoms with van der Waals surface area (Å²) in [5.74, 6) is -0.303. The third-order valence-corrected chi connectivity index (χ3v) is 3.02. The van der Waals surface area contributed by atoms with Crippen LogP contribution in [0.25, 0.3) is 11.1 Å². The van der Waals surface area contributed by atoms with Gasteiger partial charge in [-0.3, -0.25) is 0 Å². The Labute approximate surface area is 118 Å². The molecule has 0 aliphatic heterocycles. The lowest BCUT2D eigenvalue weighted by Crippen LogP contribution is -2.17. The molecule has 2 N–H and O–H groups in total. The van der Waals surface area contributed by atoms with Crippen molar-refractivity contribution in [1.82, 2.24) is 0 Å². The summed E-state index contributed by atoms with van der Waals surface area (Å²) < 4.78 is 41.4. The molecule has 2 nitrogen and oxygen atoms in total. The van der Waals surface area contributed by atoms with Crippen LogP contribution in [0.5, 0.6) is 5.75 Å². The minimum atomic E-state index is -4.76. The molecule has 106 valence electrons. The molecule has 0 spiro atoms. The van der Waals surface area contributed by atoms with E-state index in [1.807, 2.05) is 0 Å². The van der Waals surface area contributed by atoms with Crippen molar-refractivity contribution >= 4 is 11.6 Å². The fourth-order valence-electron chi connectivity index (χ4n) is 1.93. The van der Waals surface area contributed by atoms with Gasteiger partial charge in [0.2, 0.25) is 0 Å². The summed E-state index contributed by atoms with van der Waals surface area (Å²) >= 11 is 6.09. The van der Waals surface area contributed by atoms with E-state index in [-0.39, 0.29) is 17.9 Å². The number of hydrogen-bond acceptors (Lipinski definition) is 2. The summed E-state index contributed by atoms with van der Waals surface area (Å²) in [6.07, 6.45) is -4.76. The van der Waals surface area contributed by atoms with Crippen molar-refractivity contribution in [2.24, 2.45) is 5.73 Å². The van der Waals surface area contributed by atoms with Gasteiger partial charge >= 0.3 is 6.36 Å². The van der Waals surface area contributed by atoms with Gasteiger partial charge in [0.25, 0.3) is 0 Å². The molecule has 0 amide bonds. The molecule has 0 saturated carbocycles. The summed E-state index contributed by atoms with van der Waals surface area (Å²) in [6.45, 7) is 0.163. The molecule has 0 aliphatic rings. The third kappa shape index (κ3) is 3.23. The fourth-order valence-corrected chi connectivity index (χ4v) is 2.22. The lowest BCUT2D eigenvalue weighted by Gasteiger charge is -2.16. The number of nitrogens with two attached hydrogens (primary N) is 1. The lowest BCUT2D eigenvalue weighted by molar-refractivity contribution is -0.274. The first-order chi connectivity index (χ1) is 9.42. The third-order valence-electron chi connectivity index (χ3n) is 2.70. The second-order valence-corrected chi connectivity index (χ2v) is 4.43. The van der Waals surface area contributed by atoms with Gasteiger partial charge in [-0.1, -0.05) is 41.9 Å². The number of para-hydroxylation sites is 1. The highest BCUT2D eigenvalue weighted by Crippen LogP contribution is 2.39. The molecule has 0 fully saturated rings. The van der Waals surface area contributed by atoms with Gasteiger partial charge in [-0.15, -0.1) is 13.2 Å². The molecule has 0 radical (unpaired) electrons. The van der Waals surface area contributed by atoms with Crippen LogP contribution in [-0.4, -0.2) is 6.36 Å². The maximum Gasteiger partial charge on any atom is 0.573 e. The van der Waals surface area contributed by atoms with Crippen molar-refractivity contribution in [3.63, 3.8) is 0 Å². The van der Waals surface area contributed by atoms with Crippen LogP contribution in [0.1, 0.15) is 5.56 Å². The average Bonchev–Trinajstić information content (AvgIpc) is 2.37. The van der Waals surface area contributed by atoms with E-state index >= 15 is 0 Å². The molecular formula is C14H11ClF3NO. The van der Waals surface area contributed by atoms with Crippen LogP contribution in [-0.2, 0) is 6.54 Å². The Balaban J connectivity index is 2.59. The van der Waals surface area contributed by atoms with E-state index in [1.54, 1.807) is 24.3 Å². The summed E-state index contributed by atoms with van der Waals surface area (Å²) in [4.78, 5) is 0. The van der Waals surface area contributed by atoms with E-state index in [2.05, 4.69) is 4.74 Å². The zero-order valence-electron chi connectivity index (χ0n) is 10.2. The molecule has 0 aliphatic carbocycles. The Kier molecular flexibility index (Phi) is 4.20. The SMILES string of the molecule is NCc1cccc(Cl)c1-c1ccccc1OC(F)(F)F. The Morgan fingerprint density at radius 1 is 1.05 bits per heavy atom. The van der Waals surface area contributed by atoms with Crippen LogP contribution in [0.3, 0.4) is 0 Å². The predicted molar refractivity (Wildman–Crippen MR) is 71.5 cm³/mol. The number of benzene rings is 2. The molecule has 0 bridgehead atoms. The predicted octanol–water partition coefficient (Wildman–Crippen LogP) is 4.36.